The van der Waals surface area contributed by atoms with E-state index in [1.807, 2.05) is 19.9 Å². The Balaban J connectivity index is 1.89. The summed E-state index contributed by atoms with van der Waals surface area (Å²) >= 11 is 0. The summed E-state index contributed by atoms with van der Waals surface area (Å²) in [6.45, 7) is 5.60. The summed E-state index contributed by atoms with van der Waals surface area (Å²) in [6, 6.07) is 9.41. The van der Waals surface area contributed by atoms with Gasteiger partial charge in [0.25, 0.3) is 10.0 Å². The van der Waals surface area contributed by atoms with Gasteiger partial charge in [-0.3, -0.25) is 9.52 Å². The highest BCUT2D eigenvalue weighted by Crippen LogP contribution is 2.38. The van der Waals surface area contributed by atoms with Crippen molar-refractivity contribution in [2.45, 2.75) is 38.2 Å². The zero-order valence-electron chi connectivity index (χ0n) is 15.4. The number of anilines is 2. The Morgan fingerprint density at radius 1 is 1.26 bits per heavy atom. The van der Waals surface area contributed by atoms with Gasteiger partial charge in [-0.05, 0) is 44.2 Å². The number of sulfonamides is 1. The molecule has 0 saturated heterocycles. The Bertz CT molecular complexity index is 955. The standard InChI is InChI=1S/C19H22N2O5S/c1-4-25-19-10-14-9-12(2)26-18(14)11-17(19)21-27(23,24)16-7-5-15(6-8-16)20-13(3)22/h5-8,10-12,21H,4,9H2,1-3H3,(H,20,22)/t12-/m1/s1. The Labute approximate surface area is 158 Å². The highest BCUT2D eigenvalue weighted by Gasteiger charge is 2.24. The van der Waals surface area contributed by atoms with Gasteiger partial charge in [-0.25, -0.2) is 8.42 Å². The van der Waals surface area contributed by atoms with E-state index in [2.05, 4.69) is 10.0 Å². The van der Waals surface area contributed by atoms with Crippen LogP contribution < -0.4 is 19.5 Å². The maximum absolute atomic E-state index is 12.8. The summed E-state index contributed by atoms with van der Waals surface area (Å²) in [5, 5.41) is 2.60. The van der Waals surface area contributed by atoms with Gasteiger partial charge in [0.2, 0.25) is 5.91 Å². The van der Waals surface area contributed by atoms with E-state index in [-0.39, 0.29) is 16.9 Å². The second-order valence-electron chi connectivity index (χ2n) is 6.33. The van der Waals surface area contributed by atoms with Crippen LogP contribution in [0.2, 0.25) is 0 Å². The van der Waals surface area contributed by atoms with E-state index in [9.17, 15) is 13.2 Å². The number of carbonyl (C=O) groups is 1. The fraction of sp³-hybridized carbons (Fsp3) is 0.316. The second kappa shape index (κ2) is 7.48. The van der Waals surface area contributed by atoms with Crippen LogP contribution in [0.25, 0.3) is 0 Å². The topological polar surface area (TPSA) is 93.7 Å². The van der Waals surface area contributed by atoms with Crippen molar-refractivity contribution in [2.24, 2.45) is 0 Å². The molecule has 1 atom stereocenters. The van der Waals surface area contributed by atoms with Gasteiger partial charge in [0.1, 0.15) is 17.6 Å². The third-order valence-corrected chi connectivity index (χ3v) is 5.41. The van der Waals surface area contributed by atoms with Crippen LogP contribution in [0.3, 0.4) is 0 Å². The maximum Gasteiger partial charge on any atom is 0.262 e. The number of nitrogens with one attached hydrogen (secondary N) is 2. The van der Waals surface area contributed by atoms with Gasteiger partial charge in [-0.2, -0.15) is 0 Å². The molecule has 0 aromatic heterocycles. The Morgan fingerprint density at radius 2 is 1.96 bits per heavy atom. The smallest absolute Gasteiger partial charge is 0.262 e. The molecule has 8 heteroatoms. The highest BCUT2D eigenvalue weighted by atomic mass is 32.2. The number of hydrogen-bond acceptors (Lipinski definition) is 5. The SMILES string of the molecule is CCOc1cc2c(cc1NS(=O)(=O)c1ccc(NC(C)=O)cc1)O[C@H](C)C2. The molecule has 0 saturated carbocycles. The summed E-state index contributed by atoms with van der Waals surface area (Å²) in [7, 11) is -3.83. The van der Waals surface area contributed by atoms with Crippen LogP contribution in [0, 0.1) is 0 Å². The van der Waals surface area contributed by atoms with Gasteiger partial charge in [0, 0.05) is 30.7 Å². The molecule has 3 rings (SSSR count). The lowest BCUT2D eigenvalue weighted by Crippen LogP contribution is -2.14. The molecule has 27 heavy (non-hydrogen) atoms. The highest BCUT2D eigenvalue weighted by molar-refractivity contribution is 7.92. The lowest BCUT2D eigenvalue weighted by atomic mass is 10.1. The van der Waals surface area contributed by atoms with Gasteiger partial charge in [-0.1, -0.05) is 0 Å². The lowest BCUT2D eigenvalue weighted by Gasteiger charge is -2.15. The van der Waals surface area contributed by atoms with Gasteiger partial charge < -0.3 is 14.8 Å². The van der Waals surface area contributed by atoms with Crippen molar-refractivity contribution < 1.29 is 22.7 Å². The lowest BCUT2D eigenvalue weighted by molar-refractivity contribution is -0.114. The molecule has 2 N–H and O–H groups in total. The van der Waals surface area contributed by atoms with Crippen LogP contribution in [0.4, 0.5) is 11.4 Å². The van der Waals surface area contributed by atoms with Crippen molar-refractivity contribution >= 4 is 27.3 Å². The minimum Gasteiger partial charge on any atom is -0.492 e. The van der Waals surface area contributed by atoms with E-state index >= 15 is 0 Å². The second-order valence-corrected chi connectivity index (χ2v) is 8.02. The van der Waals surface area contributed by atoms with Crippen LogP contribution in [-0.4, -0.2) is 27.0 Å². The molecule has 1 heterocycles. The van der Waals surface area contributed by atoms with E-state index in [4.69, 9.17) is 9.47 Å². The van der Waals surface area contributed by atoms with Crippen LogP contribution in [0.5, 0.6) is 11.5 Å². The van der Waals surface area contributed by atoms with Gasteiger partial charge >= 0.3 is 0 Å². The minimum absolute atomic E-state index is 0.0441. The fourth-order valence-electron chi connectivity index (χ4n) is 2.92. The number of fused-ring (bicyclic) bond motifs is 1. The van der Waals surface area contributed by atoms with Crippen molar-refractivity contribution in [3.63, 3.8) is 0 Å². The predicted molar refractivity (Wildman–Crippen MR) is 103 cm³/mol. The molecule has 0 bridgehead atoms. The van der Waals surface area contributed by atoms with E-state index in [0.29, 0.717) is 29.5 Å². The molecule has 2 aromatic carbocycles. The van der Waals surface area contributed by atoms with Crippen molar-refractivity contribution in [3.8, 4) is 11.5 Å². The summed E-state index contributed by atoms with van der Waals surface area (Å²) in [5.74, 6) is 0.898. The van der Waals surface area contributed by atoms with E-state index in [1.165, 1.54) is 31.2 Å². The number of ether oxygens (including phenoxy) is 2. The number of carbonyl (C=O) groups excluding carboxylic acids is 1. The average molecular weight is 390 g/mol. The number of amides is 1. The van der Waals surface area contributed by atoms with Crippen LogP contribution in [0.15, 0.2) is 41.3 Å². The first kappa shape index (κ1) is 19.0. The predicted octanol–water partition coefficient (Wildman–Crippen LogP) is 3.17. The quantitative estimate of drug-likeness (QED) is 0.790. The van der Waals surface area contributed by atoms with Gasteiger partial charge in [-0.15, -0.1) is 0 Å². The molecule has 1 amide bonds. The Kier molecular flexibility index (Phi) is 5.27. The summed E-state index contributed by atoms with van der Waals surface area (Å²) in [4.78, 5) is 11.2. The minimum atomic E-state index is -3.83. The third-order valence-electron chi connectivity index (χ3n) is 4.03. The van der Waals surface area contributed by atoms with E-state index in [0.717, 1.165) is 12.0 Å². The van der Waals surface area contributed by atoms with E-state index in [1.54, 1.807) is 6.07 Å². The fourth-order valence-corrected chi connectivity index (χ4v) is 3.98. The first-order valence-electron chi connectivity index (χ1n) is 8.65. The van der Waals surface area contributed by atoms with Crippen molar-refractivity contribution in [1.29, 1.82) is 0 Å². The first-order valence-corrected chi connectivity index (χ1v) is 10.1. The number of rotatable bonds is 6. The van der Waals surface area contributed by atoms with Crippen LogP contribution in [-0.2, 0) is 21.2 Å². The molecule has 1 aliphatic heterocycles. The monoisotopic (exact) mass is 390 g/mol. The number of hydrogen-bond donors (Lipinski definition) is 2. The Hall–Kier alpha value is -2.74. The Morgan fingerprint density at radius 3 is 2.59 bits per heavy atom. The van der Waals surface area contributed by atoms with Crippen LogP contribution in [0.1, 0.15) is 26.3 Å². The molecule has 0 aliphatic carbocycles. The molecular weight excluding hydrogens is 368 g/mol. The van der Waals surface area contributed by atoms with Crippen LogP contribution >= 0.6 is 0 Å². The third kappa shape index (κ3) is 4.33. The van der Waals surface area contributed by atoms with Gasteiger partial charge in [0.15, 0.2) is 0 Å². The summed E-state index contributed by atoms with van der Waals surface area (Å²) in [5.41, 5.74) is 1.85. The molecule has 0 unspecified atom stereocenters. The van der Waals surface area contributed by atoms with E-state index < -0.39 is 10.0 Å². The summed E-state index contributed by atoms with van der Waals surface area (Å²) in [6.07, 6.45) is 0.801. The van der Waals surface area contributed by atoms with Crippen molar-refractivity contribution in [2.75, 3.05) is 16.6 Å². The zero-order chi connectivity index (χ0) is 19.6. The molecular formula is C19H22N2O5S. The average Bonchev–Trinajstić information content (AvgIpc) is 2.94. The molecule has 0 fully saturated rings. The zero-order valence-corrected chi connectivity index (χ0v) is 16.2. The molecule has 2 aromatic rings. The largest absolute Gasteiger partial charge is 0.492 e. The molecule has 0 radical (unpaired) electrons. The number of benzene rings is 2. The molecule has 1 aliphatic rings. The first-order chi connectivity index (χ1) is 12.8. The molecule has 0 spiro atoms. The molecule has 7 nitrogen and oxygen atoms in total. The van der Waals surface area contributed by atoms with Gasteiger partial charge in [0.05, 0.1) is 17.2 Å². The summed E-state index contributed by atoms with van der Waals surface area (Å²) < 4.78 is 39.4. The van der Waals surface area contributed by atoms with Crippen molar-refractivity contribution in [3.05, 3.63) is 42.0 Å². The van der Waals surface area contributed by atoms with Crippen molar-refractivity contribution in [1.82, 2.24) is 0 Å². The maximum atomic E-state index is 12.8. The molecule has 144 valence electrons. The normalized spacial score (nSPS) is 15.6.